The Balaban J connectivity index is 2.88. The van der Waals surface area contributed by atoms with Gasteiger partial charge in [0, 0.05) is 0 Å². The lowest BCUT2D eigenvalue weighted by Crippen LogP contribution is -2.41. The zero-order chi connectivity index (χ0) is 16.0. The van der Waals surface area contributed by atoms with E-state index in [0.29, 0.717) is 12.8 Å². The van der Waals surface area contributed by atoms with Gasteiger partial charge in [-0.15, -0.1) is 0 Å². The van der Waals surface area contributed by atoms with Crippen LogP contribution in [0.15, 0.2) is 18.2 Å². The number of unbranched alkanes of at least 4 members (excludes halogenated alkanes) is 1. The molecule has 1 atom stereocenters. The van der Waals surface area contributed by atoms with Crippen molar-refractivity contribution in [2.24, 2.45) is 0 Å². The van der Waals surface area contributed by atoms with Gasteiger partial charge >= 0.3 is 5.97 Å². The number of nitrogens with one attached hydrogen (secondary N) is 1. The summed E-state index contributed by atoms with van der Waals surface area (Å²) in [5, 5.41) is 9.11. The molecule has 0 saturated heterocycles. The van der Waals surface area contributed by atoms with Crippen molar-refractivity contribution >= 4 is 16.0 Å². The van der Waals surface area contributed by atoms with Crippen molar-refractivity contribution in [3.05, 3.63) is 34.9 Å². The van der Waals surface area contributed by atoms with Gasteiger partial charge in [-0.1, -0.05) is 38.0 Å². The number of carbonyl (C=O) groups is 1. The molecule has 5 nitrogen and oxygen atoms in total. The van der Waals surface area contributed by atoms with Crippen LogP contribution in [0.4, 0.5) is 0 Å². The predicted molar refractivity (Wildman–Crippen MR) is 82.6 cm³/mol. The van der Waals surface area contributed by atoms with Gasteiger partial charge in [0.05, 0.1) is 5.75 Å². The Labute approximate surface area is 126 Å². The smallest absolute Gasteiger partial charge is 0.321 e. The number of rotatable bonds is 8. The van der Waals surface area contributed by atoms with E-state index in [1.54, 1.807) is 0 Å². The van der Waals surface area contributed by atoms with Gasteiger partial charge in [0.2, 0.25) is 10.0 Å². The molecule has 0 aliphatic rings. The number of hydrogen-bond donors (Lipinski definition) is 2. The van der Waals surface area contributed by atoms with Crippen molar-refractivity contribution < 1.29 is 18.3 Å². The van der Waals surface area contributed by atoms with Crippen molar-refractivity contribution in [1.29, 1.82) is 0 Å². The monoisotopic (exact) mass is 313 g/mol. The lowest BCUT2D eigenvalue weighted by Gasteiger charge is -2.16. The fourth-order valence-corrected chi connectivity index (χ4v) is 3.74. The standard InChI is InChI=1S/C15H23NO4S/c1-4-5-9-14(15(17)18)16-21(19,20)10-13-11(2)7-6-8-12(13)3/h6-8,14,16H,4-5,9-10H2,1-3H3,(H,17,18). The minimum atomic E-state index is -3.69. The fraction of sp³-hybridized carbons (Fsp3) is 0.533. The van der Waals surface area contributed by atoms with Crippen LogP contribution in [0.2, 0.25) is 0 Å². The van der Waals surface area contributed by atoms with Crippen molar-refractivity contribution in [1.82, 2.24) is 4.72 Å². The third-order valence-corrected chi connectivity index (χ3v) is 4.76. The molecule has 118 valence electrons. The average molecular weight is 313 g/mol. The fourth-order valence-electron chi connectivity index (χ4n) is 2.17. The van der Waals surface area contributed by atoms with E-state index in [1.165, 1.54) is 0 Å². The number of carboxylic acid groups (broad SMARTS) is 1. The van der Waals surface area contributed by atoms with Gasteiger partial charge in [0.25, 0.3) is 0 Å². The normalized spacial score (nSPS) is 13.1. The van der Waals surface area contributed by atoms with Crippen LogP contribution < -0.4 is 4.72 Å². The largest absolute Gasteiger partial charge is 0.480 e. The summed E-state index contributed by atoms with van der Waals surface area (Å²) in [6.45, 7) is 5.64. The number of sulfonamides is 1. The third kappa shape index (κ3) is 5.47. The van der Waals surface area contributed by atoms with Gasteiger partial charge in [0.1, 0.15) is 6.04 Å². The van der Waals surface area contributed by atoms with Gasteiger partial charge in [-0.2, -0.15) is 0 Å². The SMILES string of the molecule is CCCCC(NS(=O)(=O)Cc1c(C)cccc1C)C(=O)O. The van der Waals surface area contributed by atoms with E-state index in [9.17, 15) is 13.2 Å². The molecule has 1 unspecified atom stereocenters. The molecule has 0 aliphatic heterocycles. The molecule has 0 fully saturated rings. The van der Waals surface area contributed by atoms with Gasteiger partial charge in [0.15, 0.2) is 0 Å². The van der Waals surface area contributed by atoms with E-state index >= 15 is 0 Å². The summed E-state index contributed by atoms with van der Waals surface area (Å²) in [5.74, 6) is -1.32. The number of aliphatic carboxylic acids is 1. The maximum atomic E-state index is 12.2. The maximum absolute atomic E-state index is 12.2. The Morgan fingerprint density at radius 2 is 1.86 bits per heavy atom. The summed E-state index contributed by atoms with van der Waals surface area (Å²) in [6, 6.07) is 4.52. The minimum Gasteiger partial charge on any atom is -0.480 e. The molecule has 0 aromatic heterocycles. The van der Waals surface area contributed by atoms with Crippen molar-refractivity contribution in [2.45, 2.75) is 51.8 Å². The average Bonchev–Trinajstić information content (AvgIpc) is 2.39. The van der Waals surface area contributed by atoms with E-state index in [4.69, 9.17) is 5.11 Å². The topological polar surface area (TPSA) is 83.5 Å². The maximum Gasteiger partial charge on any atom is 0.321 e. The highest BCUT2D eigenvalue weighted by Crippen LogP contribution is 2.16. The van der Waals surface area contributed by atoms with E-state index in [2.05, 4.69) is 4.72 Å². The molecule has 0 radical (unpaired) electrons. The Kier molecular flexibility index (Phi) is 6.36. The summed E-state index contributed by atoms with van der Waals surface area (Å²) in [7, 11) is -3.69. The molecule has 6 heteroatoms. The molecule has 2 N–H and O–H groups in total. The highest BCUT2D eigenvalue weighted by molar-refractivity contribution is 7.88. The first-order valence-electron chi connectivity index (χ1n) is 7.04. The van der Waals surface area contributed by atoms with Crippen LogP contribution in [-0.4, -0.2) is 25.5 Å². The second kappa shape index (κ2) is 7.56. The molecule has 0 spiro atoms. The van der Waals surface area contributed by atoms with Gasteiger partial charge in [-0.25, -0.2) is 13.1 Å². The first-order chi connectivity index (χ1) is 9.76. The quantitative estimate of drug-likeness (QED) is 0.772. The molecule has 1 aromatic carbocycles. The van der Waals surface area contributed by atoms with Crippen molar-refractivity contribution in [3.8, 4) is 0 Å². The Morgan fingerprint density at radius 3 is 2.33 bits per heavy atom. The van der Waals surface area contributed by atoms with E-state index in [0.717, 1.165) is 23.1 Å². The summed E-state index contributed by atoms with van der Waals surface area (Å²) in [5.41, 5.74) is 2.51. The van der Waals surface area contributed by atoms with E-state index < -0.39 is 22.0 Å². The van der Waals surface area contributed by atoms with Crippen LogP contribution in [-0.2, 0) is 20.6 Å². The van der Waals surface area contributed by atoms with Gasteiger partial charge in [-0.05, 0) is 37.0 Å². The number of benzene rings is 1. The highest BCUT2D eigenvalue weighted by Gasteiger charge is 2.24. The zero-order valence-electron chi connectivity index (χ0n) is 12.7. The van der Waals surface area contributed by atoms with Crippen LogP contribution in [0.25, 0.3) is 0 Å². The second-order valence-corrected chi connectivity index (χ2v) is 7.03. The third-order valence-electron chi connectivity index (χ3n) is 3.45. The summed E-state index contributed by atoms with van der Waals surface area (Å²) in [6.07, 6.45) is 1.79. The molecule has 21 heavy (non-hydrogen) atoms. The van der Waals surface area contributed by atoms with Crippen LogP contribution in [0.3, 0.4) is 0 Å². The van der Waals surface area contributed by atoms with E-state index in [1.807, 2.05) is 39.0 Å². The van der Waals surface area contributed by atoms with Crippen molar-refractivity contribution in [2.75, 3.05) is 0 Å². The lowest BCUT2D eigenvalue weighted by atomic mass is 10.1. The molecule has 0 aliphatic carbocycles. The van der Waals surface area contributed by atoms with Crippen molar-refractivity contribution in [3.63, 3.8) is 0 Å². The van der Waals surface area contributed by atoms with Crippen LogP contribution in [0.5, 0.6) is 0 Å². The lowest BCUT2D eigenvalue weighted by molar-refractivity contribution is -0.139. The summed E-state index contributed by atoms with van der Waals surface area (Å²) < 4.78 is 26.7. The van der Waals surface area contributed by atoms with Gasteiger partial charge < -0.3 is 5.11 Å². The van der Waals surface area contributed by atoms with Crippen LogP contribution in [0, 0.1) is 13.8 Å². The number of hydrogen-bond acceptors (Lipinski definition) is 3. The molecule has 0 amide bonds. The zero-order valence-corrected chi connectivity index (χ0v) is 13.5. The Bertz CT molecular complexity index is 575. The summed E-state index contributed by atoms with van der Waals surface area (Å²) in [4.78, 5) is 11.1. The minimum absolute atomic E-state index is 0.193. The van der Waals surface area contributed by atoms with E-state index in [-0.39, 0.29) is 5.75 Å². The molecule has 0 saturated carbocycles. The molecular formula is C15H23NO4S. The van der Waals surface area contributed by atoms with Crippen LogP contribution in [0.1, 0.15) is 42.9 Å². The molecular weight excluding hydrogens is 290 g/mol. The molecule has 0 heterocycles. The Hall–Kier alpha value is -1.40. The highest BCUT2D eigenvalue weighted by atomic mass is 32.2. The summed E-state index contributed by atoms with van der Waals surface area (Å²) >= 11 is 0. The first kappa shape index (κ1) is 17.7. The first-order valence-corrected chi connectivity index (χ1v) is 8.70. The molecule has 0 bridgehead atoms. The molecule has 1 aromatic rings. The second-order valence-electron chi connectivity index (χ2n) is 5.28. The van der Waals surface area contributed by atoms with Gasteiger partial charge in [-0.3, -0.25) is 4.79 Å². The number of carboxylic acids is 1. The van der Waals surface area contributed by atoms with Crippen LogP contribution >= 0.6 is 0 Å². The Morgan fingerprint density at radius 1 is 1.29 bits per heavy atom. The predicted octanol–water partition coefficient (Wildman–Crippen LogP) is 2.37. The molecule has 1 rings (SSSR count). The number of aryl methyl sites for hydroxylation is 2.